The predicted octanol–water partition coefficient (Wildman–Crippen LogP) is 4.02. The summed E-state index contributed by atoms with van der Waals surface area (Å²) < 4.78 is 2.18. The van der Waals surface area contributed by atoms with E-state index in [0.29, 0.717) is 0 Å². The largest absolute Gasteiger partial charge is 0.340 e. The molecule has 5 nitrogen and oxygen atoms in total. The summed E-state index contributed by atoms with van der Waals surface area (Å²) in [4.78, 5) is 22.5. The van der Waals surface area contributed by atoms with E-state index in [1.165, 1.54) is 5.69 Å². The van der Waals surface area contributed by atoms with Crippen molar-refractivity contribution in [2.24, 2.45) is 5.92 Å². The Bertz CT molecular complexity index is 939. The van der Waals surface area contributed by atoms with Crippen LogP contribution < -0.4 is 0 Å². The van der Waals surface area contributed by atoms with E-state index in [1.807, 2.05) is 43.0 Å². The average molecular weight is 403 g/mol. The lowest BCUT2D eigenvalue weighted by Crippen LogP contribution is -2.49. The zero-order valence-corrected chi connectivity index (χ0v) is 17.1. The van der Waals surface area contributed by atoms with E-state index in [1.54, 1.807) is 11.3 Å². The number of fused-ring (bicyclic) bond motifs is 1. The molecule has 7 heteroatoms. The molecule has 4 rings (SSSR count). The van der Waals surface area contributed by atoms with Gasteiger partial charge in [-0.25, -0.2) is 4.98 Å². The number of carbonyl (C=O) groups is 1. The van der Waals surface area contributed by atoms with Gasteiger partial charge >= 0.3 is 0 Å². The van der Waals surface area contributed by atoms with Crippen LogP contribution in [0.3, 0.4) is 0 Å². The summed E-state index contributed by atoms with van der Waals surface area (Å²) in [6, 6.07) is 7.86. The van der Waals surface area contributed by atoms with Gasteiger partial charge in [0.25, 0.3) is 0 Å². The summed E-state index contributed by atoms with van der Waals surface area (Å²) in [6.45, 7) is 8.10. The lowest BCUT2D eigenvalue weighted by Gasteiger charge is -2.35. The number of benzene rings is 1. The predicted molar refractivity (Wildman–Crippen MR) is 110 cm³/mol. The molecule has 0 spiro atoms. The van der Waals surface area contributed by atoms with E-state index in [-0.39, 0.29) is 11.8 Å². The number of amides is 1. The summed E-state index contributed by atoms with van der Waals surface area (Å²) in [7, 11) is 0. The maximum atomic E-state index is 12.2. The maximum Gasteiger partial charge on any atom is 0.225 e. The fourth-order valence-corrected chi connectivity index (χ4v) is 4.38. The Hall–Kier alpha value is -1.89. The molecule has 0 aliphatic carbocycles. The van der Waals surface area contributed by atoms with Crippen molar-refractivity contribution in [2.75, 3.05) is 26.2 Å². The molecule has 142 valence electrons. The first kappa shape index (κ1) is 18.5. The van der Waals surface area contributed by atoms with Crippen molar-refractivity contribution >= 4 is 33.8 Å². The Labute approximate surface area is 168 Å². The SMILES string of the molecule is CC(C)C(=O)N1CCN(Cc2c(-c3ccc(Cl)cc3)nc3sccn23)CC1. The van der Waals surface area contributed by atoms with Crippen LogP contribution in [0.25, 0.3) is 16.2 Å². The number of imidazole rings is 1. The van der Waals surface area contributed by atoms with Crippen molar-refractivity contribution in [2.45, 2.75) is 20.4 Å². The highest BCUT2D eigenvalue weighted by Crippen LogP contribution is 2.29. The number of hydrogen-bond acceptors (Lipinski definition) is 4. The van der Waals surface area contributed by atoms with Crippen LogP contribution >= 0.6 is 22.9 Å². The molecule has 1 aromatic carbocycles. The van der Waals surface area contributed by atoms with Crippen LogP contribution in [-0.2, 0) is 11.3 Å². The van der Waals surface area contributed by atoms with Crippen LogP contribution in [0, 0.1) is 5.92 Å². The number of halogens is 1. The van der Waals surface area contributed by atoms with Crippen LogP contribution in [0.1, 0.15) is 19.5 Å². The van der Waals surface area contributed by atoms with Crippen molar-refractivity contribution in [1.82, 2.24) is 19.2 Å². The second-order valence-corrected chi connectivity index (χ2v) is 8.54. The number of nitrogens with zero attached hydrogens (tertiary/aromatic N) is 4. The molecule has 3 aromatic rings. The molecule has 1 aliphatic rings. The van der Waals surface area contributed by atoms with Gasteiger partial charge in [-0.3, -0.25) is 14.1 Å². The minimum atomic E-state index is 0.0633. The molecule has 1 saturated heterocycles. The number of aromatic nitrogens is 2. The van der Waals surface area contributed by atoms with Crippen molar-refractivity contribution < 1.29 is 4.79 Å². The van der Waals surface area contributed by atoms with Crippen molar-refractivity contribution in [3.63, 3.8) is 0 Å². The van der Waals surface area contributed by atoms with Gasteiger partial charge in [0.2, 0.25) is 5.91 Å². The highest BCUT2D eigenvalue weighted by molar-refractivity contribution is 7.15. The highest BCUT2D eigenvalue weighted by Gasteiger charge is 2.25. The zero-order chi connectivity index (χ0) is 19.0. The monoisotopic (exact) mass is 402 g/mol. The number of thiazole rings is 1. The third-order valence-electron chi connectivity index (χ3n) is 5.03. The lowest BCUT2D eigenvalue weighted by atomic mass is 10.1. The van der Waals surface area contributed by atoms with Gasteiger partial charge in [-0.1, -0.05) is 37.6 Å². The number of rotatable bonds is 4. The van der Waals surface area contributed by atoms with Crippen LogP contribution in [0.15, 0.2) is 35.8 Å². The van der Waals surface area contributed by atoms with Gasteiger partial charge < -0.3 is 4.90 Å². The molecule has 2 aromatic heterocycles. The van der Waals surface area contributed by atoms with Gasteiger partial charge in [0, 0.05) is 60.8 Å². The van der Waals surface area contributed by atoms with E-state index in [0.717, 1.165) is 54.0 Å². The minimum Gasteiger partial charge on any atom is -0.340 e. The van der Waals surface area contributed by atoms with Gasteiger partial charge in [0.1, 0.15) is 0 Å². The zero-order valence-electron chi connectivity index (χ0n) is 15.6. The first-order valence-corrected chi connectivity index (χ1v) is 10.5. The van der Waals surface area contributed by atoms with Gasteiger partial charge in [-0.15, -0.1) is 11.3 Å². The third kappa shape index (κ3) is 3.74. The second-order valence-electron chi connectivity index (χ2n) is 7.23. The quantitative estimate of drug-likeness (QED) is 0.661. The smallest absolute Gasteiger partial charge is 0.225 e. The van der Waals surface area contributed by atoms with E-state index in [9.17, 15) is 4.79 Å². The molecule has 1 fully saturated rings. The number of hydrogen-bond donors (Lipinski definition) is 0. The summed E-state index contributed by atoms with van der Waals surface area (Å²) >= 11 is 7.69. The molecule has 3 heterocycles. The Morgan fingerprint density at radius 2 is 1.89 bits per heavy atom. The average Bonchev–Trinajstić information content (AvgIpc) is 3.25. The Kier molecular flexibility index (Phi) is 5.21. The topological polar surface area (TPSA) is 40.9 Å². The number of carbonyl (C=O) groups excluding carboxylic acids is 1. The molecule has 1 aliphatic heterocycles. The maximum absolute atomic E-state index is 12.2. The lowest BCUT2D eigenvalue weighted by molar-refractivity contribution is -0.136. The van der Waals surface area contributed by atoms with E-state index in [2.05, 4.69) is 20.9 Å². The Morgan fingerprint density at radius 1 is 1.19 bits per heavy atom. The standard InChI is InChI=1S/C20H23ClN4OS/c1-14(2)19(26)24-9-7-23(8-10-24)13-17-18(15-3-5-16(21)6-4-15)22-20-25(17)11-12-27-20/h3-6,11-12,14H,7-10,13H2,1-2H3. The highest BCUT2D eigenvalue weighted by atomic mass is 35.5. The molecule has 0 atom stereocenters. The summed E-state index contributed by atoms with van der Waals surface area (Å²) in [6.07, 6.45) is 2.08. The fourth-order valence-electron chi connectivity index (χ4n) is 3.53. The first-order valence-electron chi connectivity index (χ1n) is 9.24. The fraction of sp³-hybridized carbons (Fsp3) is 0.400. The first-order chi connectivity index (χ1) is 13.0. The molecule has 0 unspecified atom stereocenters. The van der Waals surface area contributed by atoms with Gasteiger partial charge in [-0.2, -0.15) is 0 Å². The molecule has 0 saturated carbocycles. The molecule has 0 radical (unpaired) electrons. The van der Waals surface area contributed by atoms with Crippen LogP contribution in [0.4, 0.5) is 0 Å². The van der Waals surface area contributed by atoms with Crippen LogP contribution in [0.2, 0.25) is 5.02 Å². The third-order valence-corrected chi connectivity index (χ3v) is 6.04. The van der Waals surface area contributed by atoms with E-state index >= 15 is 0 Å². The molecule has 27 heavy (non-hydrogen) atoms. The molecule has 0 bridgehead atoms. The Morgan fingerprint density at radius 3 is 2.56 bits per heavy atom. The second kappa shape index (κ2) is 7.62. The summed E-state index contributed by atoms with van der Waals surface area (Å²) in [5, 5.41) is 2.80. The molecular formula is C20H23ClN4OS. The molecule has 0 N–H and O–H groups in total. The summed E-state index contributed by atoms with van der Waals surface area (Å²) in [5.41, 5.74) is 3.29. The van der Waals surface area contributed by atoms with E-state index < -0.39 is 0 Å². The van der Waals surface area contributed by atoms with Gasteiger partial charge in [0.05, 0.1) is 11.4 Å². The van der Waals surface area contributed by atoms with Crippen molar-refractivity contribution in [3.05, 3.63) is 46.6 Å². The van der Waals surface area contributed by atoms with Gasteiger partial charge in [0.15, 0.2) is 4.96 Å². The van der Waals surface area contributed by atoms with E-state index in [4.69, 9.17) is 16.6 Å². The summed E-state index contributed by atoms with van der Waals surface area (Å²) in [5.74, 6) is 0.314. The van der Waals surface area contributed by atoms with Gasteiger partial charge in [-0.05, 0) is 12.1 Å². The molecular weight excluding hydrogens is 380 g/mol. The number of piperazine rings is 1. The molecule has 1 amide bonds. The van der Waals surface area contributed by atoms with Crippen molar-refractivity contribution in [1.29, 1.82) is 0 Å². The minimum absolute atomic E-state index is 0.0633. The Balaban J connectivity index is 1.55. The normalized spacial score (nSPS) is 15.8. The van der Waals surface area contributed by atoms with Crippen LogP contribution in [0.5, 0.6) is 0 Å². The van der Waals surface area contributed by atoms with Crippen molar-refractivity contribution in [3.8, 4) is 11.3 Å². The van der Waals surface area contributed by atoms with Crippen LogP contribution in [-0.4, -0.2) is 51.3 Å².